The molecule has 0 fully saturated rings. The molecule has 0 saturated carbocycles. The van der Waals surface area contributed by atoms with Crippen LogP contribution in [0.2, 0.25) is 0 Å². The Labute approximate surface area is 192 Å². The van der Waals surface area contributed by atoms with Crippen LogP contribution in [0, 0.1) is 6.92 Å². The van der Waals surface area contributed by atoms with E-state index < -0.39 is 11.9 Å². The summed E-state index contributed by atoms with van der Waals surface area (Å²) in [5.41, 5.74) is 10.0. The molecule has 168 valence electrons. The molecule has 0 bridgehead atoms. The quantitative estimate of drug-likeness (QED) is 0.633. The fraction of sp³-hybridized carbons (Fsp3) is 0.280. The number of hydrogen-bond acceptors (Lipinski definition) is 5. The van der Waals surface area contributed by atoms with Crippen molar-refractivity contribution in [3.8, 4) is 0 Å². The molecule has 3 N–H and O–H groups in total. The highest BCUT2D eigenvalue weighted by Gasteiger charge is 2.35. The Kier molecular flexibility index (Phi) is 5.42. The molecule has 33 heavy (non-hydrogen) atoms. The van der Waals surface area contributed by atoms with Crippen LogP contribution in [0.5, 0.6) is 0 Å². The second-order valence-electron chi connectivity index (χ2n) is 8.53. The summed E-state index contributed by atoms with van der Waals surface area (Å²) in [4.78, 5) is 25.3. The zero-order valence-corrected chi connectivity index (χ0v) is 18.4. The van der Waals surface area contributed by atoms with Gasteiger partial charge in [-0.2, -0.15) is 10.2 Å². The normalized spacial score (nSPS) is 19.7. The van der Waals surface area contributed by atoms with E-state index in [4.69, 9.17) is 5.73 Å². The van der Waals surface area contributed by atoms with Crippen molar-refractivity contribution in [3.05, 3.63) is 77.5 Å². The number of nitrogens with two attached hydrogens (primary N) is 1. The average molecular weight is 443 g/mol. The number of anilines is 2. The molecule has 2 atom stereocenters. The Bertz CT molecular complexity index is 1230. The van der Waals surface area contributed by atoms with Crippen LogP contribution in [0.15, 0.2) is 65.9 Å². The number of para-hydroxylation sites is 1. The third-order valence-corrected chi connectivity index (χ3v) is 6.36. The summed E-state index contributed by atoms with van der Waals surface area (Å²) in [6.45, 7) is 1.92. The Morgan fingerprint density at radius 1 is 1.09 bits per heavy atom. The van der Waals surface area contributed by atoms with Gasteiger partial charge in [0, 0.05) is 12.0 Å². The van der Waals surface area contributed by atoms with E-state index in [1.807, 2.05) is 48.0 Å². The molecular formula is C25H26N6O2. The van der Waals surface area contributed by atoms with E-state index in [1.165, 1.54) is 16.1 Å². The topological polar surface area (TPSA) is 106 Å². The number of nitrogens with zero attached hydrogens (tertiary/aromatic N) is 4. The molecule has 2 amide bonds. The van der Waals surface area contributed by atoms with Gasteiger partial charge >= 0.3 is 0 Å². The highest BCUT2D eigenvalue weighted by Crippen LogP contribution is 2.35. The van der Waals surface area contributed by atoms with Gasteiger partial charge in [0.05, 0.1) is 17.9 Å². The Balaban J connectivity index is 1.43. The zero-order chi connectivity index (χ0) is 22.9. The minimum absolute atomic E-state index is 0.0589. The lowest BCUT2D eigenvalue weighted by molar-refractivity contribution is -0.119. The van der Waals surface area contributed by atoms with E-state index in [9.17, 15) is 9.59 Å². The number of carbonyl (C=O) groups excluding carboxylic acids is 2. The van der Waals surface area contributed by atoms with Crippen LogP contribution in [0.4, 0.5) is 11.5 Å². The van der Waals surface area contributed by atoms with Gasteiger partial charge in [0.2, 0.25) is 5.91 Å². The lowest BCUT2D eigenvalue weighted by Crippen LogP contribution is -2.39. The molecule has 8 nitrogen and oxygen atoms in total. The number of aryl methyl sites for hydroxylation is 2. The number of benzene rings is 2. The Hall–Kier alpha value is -3.94. The van der Waals surface area contributed by atoms with Crippen molar-refractivity contribution in [3.63, 3.8) is 0 Å². The maximum absolute atomic E-state index is 13.2. The third kappa shape index (κ3) is 3.88. The Morgan fingerprint density at radius 2 is 1.85 bits per heavy atom. The monoisotopic (exact) mass is 442 g/mol. The van der Waals surface area contributed by atoms with Gasteiger partial charge in [-0.05, 0) is 49.4 Å². The smallest absolute Gasteiger partial charge is 0.273 e. The number of hydrazone groups is 1. The van der Waals surface area contributed by atoms with Gasteiger partial charge in [-0.3, -0.25) is 14.6 Å². The molecule has 5 rings (SSSR count). The van der Waals surface area contributed by atoms with Gasteiger partial charge in [0.1, 0.15) is 17.6 Å². The third-order valence-electron chi connectivity index (χ3n) is 6.36. The number of fused-ring (bicyclic) bond motifs is 1. The lowest BCUT2D eigenvalue weighted by atomic mass is 9.88. The number of rotatable bonds is 5. The Morgan fingerprint density at radius 3 is 2.64 bits per heavy atom. The van der Waals surface area contributed by atoms with Crippen molar-refractivity contribution in [2.75, 3.05) is 10.3 Å². The van der Waals surface area contributed by atoms with E-state index in [2.05, 4.69) is 33.7 Å². The number of carbonyl (C=O) groups is 2. The van der Waals surface area contributed by atoms with Crippen LogP contribution in [-0.2, 0) is 16.0 Å². The first-order chi connectivity index (χ1) is 16.0. The minimum Gasteiger partial charge on any atom is -0.368 e. The van der Waals surface area contributed by atoms with E-state index in [-0.39, 0.29) is 24.1 Å². The lowest BCUT2D eigenvalue weighted by Gasteiger charge is -2.27. The van der Waals surface area contributed by atoms with Crippen LogP contribution in [0.25, 0.3) is 0 Å². The van der Waals surface area contributed by atoms with Gasteiger partial charge < -0.3 is 11.1 Å². The van der Waals surface area contributed by atoms with E-state index in [0.717, 1.165) is 24.8 Å². The summed E-state index contributed by atoms with van der Waals surface area (Å²) >= 11 is 0. The van der Waals surface area contributed by atoms with Gasteiger partial charge in [-0.1, -0.05) is 42.5 Å². The van der Waals surface area contributed by atoms with E-state index >= 15 is 0 Å². The number of amides is 2. The first-order valence-corrected chi connectivity index (χ1v) is 11.2. The maximum atomic E-state index is 13.2. The van der Waals surface area contributed by atoms with Crippen LogP contribution < -0.4 is 16.1 Å². The van der Waals surface area contributed by atoms with Crippen LogP contribution in [-0.4, -0.2) is 33.3 Å². The highest BCUT2D eigenvalue weighted by molar-refractivity contribution is 6.44. The van der Waals surface area contributed by atoms with Gasteiger partial charge in [-0.25, -0.2) is 4.68 Å². The van der Waals surface area contributed by atoms with Crippen molar-refractivity contribution in [1.29, 1.82) is 0 Å². The highest BCUT2D eigenvalue weighted by atomic mass is 16.2. The SMILES string of the molecule is Cc1cnn(C2CCCc3ccccc32)c1NC(=O)C1=NN(c2ccccc2)C(C(N)=O)C1. The summed E-state index contributed by atoms with van der Waals surface area (Å²) < 4.78 is 1.90. The molecule has 1 aromatic heterocycles. The van der Waals surface area contributed by atoms with Gasteiger partial charge in [0.15, 0.2) is 0 Å². The summed E-state index contributed by atoms with van der Waals surface area (Å²) in [7, 11) is 0. The molecule has 0 radical (unpaired) electrons. The second kappa shape index (κ2) is 8.54. The molecule has 1 aliphatic heterocycles. The van der Waals surface area contributed by atoms with E-state index in [1.54, 1.807) is 6.20 Å². The summed E-state index contributed by atoms with van der Waals surface area (Å²) in [6.07, 6.45) is 4.98. The molecule has 2 aliphatic rings. The van der Waals surface area contributed by atoms with Crippen molar-refractivity contribution in [2.24, 2.45) is 10.8 Å². The number of nitrogens with one attached hydrogen (secondary N) is 1. The number of hydrogen-bond donors (Lipinski definition) is 2. The molecule has 2 unspecified atom stereocenters. The fourth-order valence-corrected chi connectivity index (χ4v) is 4.69. The summed E-state index contributed by atoms with van der Waals surface area (Å²) in [6, 6.07) is 17.0. The minimum atomic E-state index is -0.704. The first-order valence-electron chi connectivity index (χ1n) is 11.2. The average Bonchev–Trinajstić information content (AvgIpc) is 3.44. The van der Waals surface area contributed by atoms with E-state index in [0.29, 0.717) is 11.5 Å². The zero-order valence-electron chi connectivity index (χ0n) is 18.4. The molecular weight excluding hydrogens is 416 g/mol. The molecule has 0 saturated heterocycles. The van der Waals surface area contributed by atoms with Gasteiger partial charge in [-0.15, -0.1) is 0 Å². The molecule has 2 heterocycles. The van der Waals surface area contributed by atoms with Crippen LogP contribution >= 0.6 is 0 Å². The largest absolute Gasteiger partial charge is 0.368 e. The standard InChI is InChI=1S/C25H26N6O2/c1-16-15-27-31(21-13-7-9-17-8-5-6-12-19(17)21)24(16)28-25(33)20-14-22(23(26)32)30(29-20)18-10-3-2-4-11-18/h2-6,8,10-12,15,21-22H,7,9,13-14H2,1H3,(H2,26,32)(H,28,33). The molecule has 3 aromatic rings. The van der Waals surface area contributed by atoms with Crippen molar-refractivity contribution < 1.29 is 9.59 Å². The van der Waals surface area contributed by atoms with Crippen molar-refractivity contribution in [1.82, 2.24) is 9.78 Å². The van der Waals surface area contributed by atoms with Crippen molar-refractivity contribution >= 4 is 29.0 Å². The number of primary amides is 1. The second-order valence-corrected chi connectivity index (χ2v) is 8.53. The van der Waals surface area contributed by atoms with Crippen molar-refractivity contribution in [2.45, 2.75) is 44.7 Å². The molecule has 0 spiro atoms. The number of aromatic nitrogens is 2. The summed E-state index contributed by atoms with van der Waals surface area (Å²) in [5, 5.41) is 13.6. The first kappa shape index (κ1) is 20.9. The predicted octanol–water partition coefficient (Wildman–Crippen LogP) is 3.18. The molecule has 2 aromatic carbocycles. The van der Waals surface area contributed by atoms with Crippen LogP contribution in [0.1, 0.15) is 42.0 Å². The molecule has 8 heteroatoms. The maximum Gasteiger partial charge on any atom is 0.273 e. The molecule has 1 aliphatic carbocycles. The fourth-order valence-electron chi connectivity index (χ4n) is 4.69. The predicted molar refractivity (Wildman–Crippen MR) is 127 cm³/mol. The van der Waals surface area contributed by atoms with Gasteiger partial charge in [0.25, 0.3) is 5.91 Å². The summed E-state index contributed by atoms with van der Waals surface area (Å²) in [5.74, 6) is -0.225. The van der Waals surface area contributed by atoms with Crippen LogP contribution in [0.3, 0.4) is 0 Å².